The van der Waals surface area contributed by atoms with Crippen LogP contribution in [0.3, 0.4) is 0 Å². The molecule has 9 nitrogen and oxygen atoms in total. The van der Waals surface area contributed by atoms with Crippen LogP contribution in [-0.2, 0) is 9.59 Å². The Kier molecular flexibility index (Phi) is 5.86. The predicted molar refractivity (Wildman–Crippen MR) is 121 cm³/mol. The number of nitrogens with zero attached hydrogens (tertiary/aromatic N) is 2. The zero-order valence-electron chi connectivity index (χ0n) is 18.2. The van der Waals surface area contributed by atoms with Crippen molar-refractivity contribution in [2.45, 2.75) is 0 Å². The Balaban J connectivity index is 1.67. The molecule has 4 rings (SSSR count). The summed E-state index contributed by atoms with van der Waals surface area (Å²) >= 11 is 0. The Hall–Kier alpha value is -4.53. The Morgan fingerprint density at radius 3 is 2.21 bits per heavy atom. The van der Waals surface area contributed by atoms with Gasteiger partial charge in [-0.05, 0) is 54.1 Å². The zero-order chi connectivity index (χ0) is 23.5. The summed E-state index contributed by atoms with van der Waals surface area (Å²) in [5.41, 5.74) is 1.50. The minimum atomic E-state index is -0.860. The van der Waals surface area contributed by atoms with Crippen molar-refractivity contribution in [1.29, 1.82) is 0 Å². The van der Waals surface area contributed by atoms with Crippen LogP contribution in [0.15, 0.2) is 66.5 Å². The van der Waals surface area contributed by atoms with Crippen molar-refractivity contribution in [3.05, 3.63) is 72.1 Å². The van der Waals surface area contributed by atoms with E-state index in [1.165, 1.54) is 26.4 Å². The van der Waals surface area contributed by atoms with Gasteiger partial charge in [-0.25, -0.2) is 9.69 Å². The maximum Gasteiger partial charge on any atom is 0.336 e. The Morgan fingerprint density at radius 2 is 1.55 bits per heavy atom. The summed E-state index contributed by atoms with van der Waals surface area (Å²) in [6, 6.07) is 13.0. The van der Waals surface area contributed by atoms with Crippen LogP contribution < -0.4 is 24.4 Å². The number of ether oxygens (including phenoxy) is 3. The fourth-order valence-corrected chi connectivity index (χ4v) is 3.43. The van der Waals surface area contributed by atoms with Crippen molar-refractivity contribution < 1.29 is 28.6 Å². The van der Waals surface area contributed by atoms with E-state index in [-0.39, 0.29) is 17.0 Å². The van der Waals surface area contributed by atoms with Gasteiger partial charge < -0.3 is 18.8 Å². The molecule has 168 valence electrons. The van der Waals surface area contributed by atoms with Crippen LogP contribution in [0.25, 0.3) is 11.8 Å². The molecule has 0 radical (unpaired) electrons. The minimum Gasteiger partial charge on any atom is -0.497 e. The fraction of sp³-hybridized carbons (Fsp3) is 0.125. The lowest BCUT2D eigenvalue weighted by atomic mass is 10.1. The molecule has 1 N–H and O–H groups in total. The predicted octanol–water partition coefficient (Wildman–Crippen LogP) is 3.17. The first-order valence-corrected chi connectivity index (χ1v) is 9.91. The standard InChI is InChI=1S/C24H21N3O6/c1-31-17-6-4-16(5-7-17)26-11-10-15(14-26)12-19-22(28)25-24(30)27(23(19)29)20-9-8-18(32-2)13-21(20)33-3/h4-14H,1-3H3,(H,25,28,30)/b19-12-. The minimum absolute atomic E-state index is 0.181. The van der Waals surface area contributed by atoms with E-state index in [0.29, 0.717) is 11.3 Å². The number of rotatable bonds is 6. The highest BCUT2D eigenvalue weighted by atomic mass is 16.5. The maximum atomic E-state index is 13.2. The molecule has 0 aliphatic carbocycles. The van der Waals surface area contributed by atoms with Crippen LogP contribution in [0, 0.1) is 0 Å². The summed E-state index contributed by atoms with van der Waals surface area (Å²) in [4.78, 5) is 39.1. The molecule has 1 saturated heterocycles. The lowest BCUT2D eigenvalue weighted by Gasteiger charge is -2.27. The number of barbiturate groups is 1. The molecule has 0 unspecified atom stereocenters. The summed E-state index contributed by atoms with van der Waals surface area (Å²) in [7, 11) is 4.50. The lowest BCUT2D eigenvalue weighted by Crippen LogP contribution is -2.54. The van der Waals surface area contributed by atoms with Gasteiger partial charge in [-0.3, -0.25) is 14.9 Å². The van der Waals surface area contributed by atoms with Crippen LogP contribution in [0.5, 0.6) is 17.2 Å². The molecular weight excluding hydrogens is 426 g/mol. The van der Waals surface area contributed by atoms with Crippen LogP contribution in [0.2, 0.25) is 0 Å². The topological polar surface area (TPSA) is 99.1 Å². The number of urea groups is 1. The number of anilines is 1. The van der Waals surface area contributed by atoms with Crippen molar-refractivity contribution in [2.24, 2.45) is 0 Å². The van der Waals surface area contributed by atoms with Gasteiger partial charge in [0.1, 0.15) is 22.8 Å². The average molecular weight is 447 g/mol. The number of benzene rings is 2. The van der Waals surface area contributed by atoms with Crippen LogP contribution in [0.1, 0.15) is 5.56 Å². The molecule has 1 aromatic heterocycles. The van der Waals surface area contributed by atoms with E-state index in [1.54, 1.807) is 37.7 Å². The smallest absolute Gasteiger partial charge is 0.336 e. The number of aromatic nitrogens is 1. The van der Waals surface area contributed by atoms with Gasteiger partial charge >= 0.3 is 6.03 Å². The van der Waals surface area contributed by atoms with Gasteiger partial charge in [0.15, 0.2) is 0 Å². The highest BCUT2D eigenvalue weighted by Crippen LogP contribution is 2.34. The lowest BCUT2D eigenvalue weighted by molar-refractivity contribution is -0.122. The fourth-order valence-electron chi connectivity index (χ4n) is 3.43. The molecular formula is C24H21N3O6. The molecule has 0 spiro atoms. The SMILES string of the molecule is COc1ccc(-n2ccc(/C=C3/C(=O)NC(=O)N(c4ccc(OC)cc4OC)C3=O)c2)cc1. The van der Waals surface area contributed by atoms with Gasteiger partial charge in [0.2, 0.25) is 0 Å². The molecule has 4 amide bonds. The van der Waals surface area contributed by atoms with E-state index in [1.807, 2.05) is 28.8 Å². The number of hydrogen-bond donors (Lipinski definition) is 1. The second kappa shape index (κ2) is 8.91. The van der Waals surface area contributed by atoms with Gasteiger partial charge in [0.05, 0.1) is 27.0 Å². The average Bonchev–Trinajstić information content (AvgIpc) is 3.30. The Labute approximate surface area is 189 Å². The molecule has 33 heavy (non-hydrogen) atoms. The van der Waals surface area contributed by atoms with Gasteiger partial charge in [0, 0.05) is 24.1 Å². The maximum absolute atomic E-state index is 13.2. The van der Waals surface area contributed by atoms with E-state index in [4.69, 9.17) is 14.2 Å². The third-order valence-corrected chi connectivity index (χ3v) is 5.13. The first-order valence-electron chi connectivity index (χ1n) is 9.91. The summed E-state index contributed by atoms with van der Waals surface area (Å²) in [5, 5.41) is 2.21. The monoisotopic (exact) mass is 447 g/mol. The molecule has 3 aromatic rings. The molecule has 2 heterocycles. The highest BCUT2D eigenvalue weighted by Gasteiger charge is 2.38. The van der Waals surface area contributed by atoms with Crippen LogP contribution in [-0.4, -0.2) is 43.7 Å². The summed E-state index contributed by atoms with van der Waals surface area (Å²) in [6.45, 7) is 0. The normalized spacial score (nSPS) is 14.9. The summed E-state index contributed by atoms with van der Waals surface area (Å²) < 4.78 is 17.5. The van der Waals surface area contributed by atoms with E-state index >= 15 is 0 Å². The molecule has 1 aliphatic rings. The van der Waals surface area contributed by atoms with Gasteiger partial charge in [0.25, 0.3) is 11.8 Å². The highest BCUT2D eigenvalue weighted by molar-refractivity contribution is 6.39. The number of nitrogens with one attached hydrogen (secondary N) is 1. The molecule has 1 aliphatic heterocycles. The molecule has 1 fully saturated rings. The Morgan fingerprint density at radius 1 is 0.848 bits per heavy atom. The third kappa shape index (κ3) is 4.16. The van der Waals surface area contributed by atoms with Gasteiger partial charge in [-0.15, -0.1) is 0 Å². The van der Waals surface area contributed by atoms with E-state index in [0.717, 1.165) is 16.3 Å². The third-order valence-electron chi connectivity index (χ3n) is 5.13. The molecule has 0 saturated carbocycles. The first kappa shape index (κ1) is 21.7. The van der Waals surface area contributed by atoms with Gasteiger partial charge in [-0.1, -0.05) is 0 Å². The molecule has 0 bridgehead atoms. The van der Waals surface area contributed by atoms with Crippen molar-refractivity contribution in [3.63, 3.8) is 0 Å². The van der Waals surface area contributed by atoms with Crippen LogP contribution in [0.4, 0.5) is 10.5 Å². The first-order chi connectivity index (χ1) is 15.9. The van der Waals surface area contributed by atoms with Crippen molar-refractivity contribution in [2.75, 3.05) is 26.2 Å². The van der Waals surface area contributed by atoms with Crippen molar-refractivity contribution in [1.82, 2.24) is 9.88 Å². The van der Waals surface area contributed by atoms with Crippen molar-refractivity contribution >= 4 is 29.6 Å². The summed E-state index contributed by atoms with van der Waals surface area (Å²) in [5.74, 6) is -0.0591. The van der Waals surface area contributed by atoms with Crippen LogP contribution >= 0.6 is 0 Å². The Bertz CT molecular complexity index is 1260. The van der Waals surface area contributed by atoms with Gasteiger partial charge in [-0.2, -0.15) is 0 Å². The number of imide groups is 2. The number of carbonyl (C=O) groups excluding carboxylic acids is 3. The largest absolute Gasteiger partial charge is 0.497 e. The second-order valence-electron chi connectivity index (χ2n) is 7.05. The van der Waals surface area contributed by atoms with E-state index in [2.05, 4.69) is 5.32 Å². The van der Waals surface area contributed by atoms with E-state index in [9.17, 15) is 14.4 Å². The number of carbonyl (C=O) groups is 3. The molecule has 0 atom stereocenters. The van der Waals surface area contributed by atoms with E-state index < -0.39 is 17.8 Å². The quantitative estimate of drug-likeness (QED) is 0.460. The summed E-state index contributed by atoms with van der Waals surface area (Å²) in [6.07, 6.45) is 5.01. The number of amides is 4. The number of hydrogen-bond acceptors (Lipinski definition) is 6. The molecule has 9 heteroatoms. The zero-order valence-corrected chi connectivity index (χ0v) is 18.2. The number of methoxy groups -OCH3 is 3. The molecule has 2 aromatic carbocycles. The van der Waals surface area contributed by atoms with Crippen molar-refractivity contribution in [3.8, 4) is 22.9 Å². The second-order valence-corrected chi connectivity index (χ2v) is 7.05.